The number of rotatable bonds is 12. The maximum atomic E-state index is 13.5. The summed E-state index contributed by atoms with van der Waals surface area (Å²) in [7, 11) is 2.27. The van der Waals surface area contributed by atoms with Crippen molar-refractivity contribution in [1.82, 2.24) is 24.0 Å². The van der Waals surface area contributed by atoms with Gasteiger partial charge in [0.1, 0.15) is 0 Å². The molecule has 3 aromatic carbocycles. The molecule has 0 aliphatic carbocycles. The summed E-state index contributed by atoms with van der Waals surface area (Å²) >= 11 is 6.35. The lowest BCUT2D eigenvalue weighted by Gasteiger charge is -2.50. The minimum absolute atomic E-state index is 0.0552. The Bertz CT molecular complexity index is 1870. The number of ether oxygens (including phenoxy) is 1. The zero-order valence-electron chi connectivity index (χ0n) is 28.1. The molecule has 1 saturated heterocycles. The van der Waals surface area contributed by atoms with E-state index in [4.69, 9.17) is 20.5 Å². The molecule has 1 N–H and O–H groups in total. The Balaban J connectivity index is 1.54. The highest BCUT2D eigenvalue weighted by atomic mass is 35.7. The highest BCUT2D eigenvalue weighted by Gasteiger charge is 2.47. The Morgan fingerprint density at radius 3 is 1.92 bits per heavy atom. The van der Waals surface area contributed by atoms with Crippen molar-refractivity contribution in [1.29, 1.82) is 0 Å². The fourth-order valence-electron chi connectivity index (χ4n) is 6.26. The predicted molar refractivity (Wildman–Crippen MR) is 186 cm³/mol. The number of likely N-dealkylation sites (N-methyl/N-ethyl adjacent to an activating group) is 2. The van der Waals surface area contributed by atoms with Crippen molar-refractivity contribution < 1.29 is 31.8 Å². The second-order valence-electron chi connectivity index (χ2n) is 12.2. The summed E-state index contributed by atoms with van der Waals surface area (Å²) in [6, 6.07) is 29.2. The summed E-state index contributed by atoms with van der Waals surface area (Å²) in [4.78, 5) is 43.4. The molecule has 51 heavy (non-hydrogen) atoms. The van der Waals surface area contributed by atoms with Gasteiger partial charge in [-0.15, -0.1) is 0 Å². The lowest BCUT2D eigenvalue weighted by Crippen LogP contribution is -2.59. The van der Waals surface area contributed by atoms with Gasteiger partial charge in [0.25, 0.3) is 5.56 Å². The summed E-state index contributed by atoms with van der Waals surface area (Å²) in [6.07, 6.45) is -5.82. The molecule has 2 heterocycles. The number of morpholine rings is 1. The summed E-state index contributed by atoms with van der Waals surface area (Å²) in [6.45, 7) is -3.54. The van der Waals surface area contributed by atoms with Crippen LogP contribution in [0.5, 0.6) is 0 Å². The second-order valence-corrected chi connectivity index (χ2v) is 15.4. The Labute approximate surface area is 297 Å². The van der Waals surface area contributed by atoms with Gasteiger partial charge in [0, 0.05) is 45.0 Å². The number of carbonyl (C=O) groups excluding carboxylic acids is 1. The van der Waals surface area contributed by atoms with Crippen molar-refractivity contribution in [2.75, 3.05) is 46.9 Å². The quantitative estimate of drug-likeness (QED) is 0.152. The van der Waals surface area contributed by atoms with Crippen LogP contribution >= 0.6 is 18.1 Å². The molecule has 3 atom stereocenters. The SMILES string of the molecule is Cc1c[nH]c(=O)n([C@H]2CN(C(c3ccccc3)(c3ccccc3)c3ccccc3)C[C@@H](COP(=O)(Cl)N(C)CCN(C)C(=O)C(F)(F)F)O2)c1=O. The molecule has 0 saturated carbocycles. The zero-order chi connectivity index (χ0) is 37.0. The van der Waals surface area contributed by atoms with E-state index in [2.05, 4.69) is 9.88 Å². The Morgan fingerprint density at radius 1 is 0.922 bits per heavy atom. The normalized spacial score (nSPS) is 18.4. The van der Waals surface area contributed by atoms with Gasteiger partial charge in [-0.3, -0.25) is 19.1 Å². The number of nitrogens with one attached hydrogen (secondary N) is 1. The maximum absolute atomic E-state index is 13.5. The topological polar surface area (TPSA) is 117 Å². The van der Waals surface area contributed by atoms with Crippen molar-refractivity contribution in [3.05, 3.63) is 140 Å². The third-order valence-corrected chi connectivity index (χ3v) is 11.4. The van der Waals surface area contributed by atoms with Gasteiger partial charge in [0.2, 0.25) is 0 Å². The van der Waals surface area contributed by atoms with Gasteiger partial charge < -0.3 is 19.1 Å². The second kappa shape index (κ2) is 15.7. The number of aryl methyl sites for hydroxylation is 1. The van der Waals surface area contributed by atoms with E-state index in [0.29, 0.717) is 4.90 Å². The average molecular weight is 748 g/mol. The third-order valence-electron chi connectivity index (χ3n) is 8.85. The smallest absolute Gasteiger partial charge is 0.349 e. The van der Waals surface area contributed by atoms with Crippen molar-refractivity contribution in [2.45, 2.75) is 31.0 Å². The first-order chi connectivity index (χ1) is 24.2. The van der Waals surface area contributed by atoms with E-state index in [1.165, 1.54) is 13.2 Å². The molecule has 1 aliphatic rings. The number of hydrogen-bond donors (Lipinski definition) is 1. The largest absolute Gasteiger partial charge is 0.471 e. The first kappa shape index (κ1) is 38.2. The molecule has 1 amide bonds. The Hall–Kier alpha value is -4.04. The fourth-order valence-corrected chi connectivity index (χ4v) is 7.53. The van der Waals surface area contributed by atoms with Crippen LogP contribution in [-0.4, -0.2) is 89.1 Å². The van der Waals surface area contributed by atoms with E-state index in [9.17, 15) is 32.1 Å². The summed E-state index contributed by atoms with van der Waals surface area (Å²) in [5, 5.41) is 0. The summed E-state index contributed by atoms with van der Waals surface area (Å²) < 4.78 is 66.3. The van der Waals surface area contributed by atoms with Crippen molar-refractivity contribution >= 4 is 24.0 Å². The van der Waals surface area contributed by atoms with E-state index >= 15 is 0 Å². The maximum Gasteiger partial charge on any atom is 0.471 e. The number of nitrogens with zero attached hydrogens (tertiary/aromatic N) is 4. The number of halogens is 4. The molecule has 1 aliphatic heterocycles. The highest BCUT2D eigenvalue weighted by molar-refractivity contribution is 7.83. The van der Waals surface area contributed by atoms with Gasteiger partial charge in [0.05, 0.1) is 18.2 Å². The number of alkyl halides is 3. The van der Waals surface area contributed by atoms with Crippen molar-refractivity contribution in [3.63, 3.8) is 0 Å². The van der Waals surface area contributed by atoms with Gasteiger partial charge in [-0.1, -0.05) is 91.0 Å². The fraction of sp³-hybridized carbons (Fsp3) is 0.343. The van der Waals surface area contributed by atoms with Crippen LogP contribution in [0.15, 0.2) is 107 Å². The number of benzene rings is 3. The lowest BCUT2D eigenvalue weighted by molar-refractivity contribution is -0.184. The number of amides is 1. The summed E-state index contributed by atoms with van der Waals surface area (Å²) in [5.74, 6) is -2.05. The monoisotopic (exact) mass is 747 g/mol. The molecule has 1 fully saturated rings. The minimum Gasteiger partial charge on any atom is -0.349 e. The van der Waals surface area contributed by atoms with Gasteiger partial charge >= 0.3 is 24.6 Å². The molecule has 0 spiro atoms. The van der Waals surface area contributed by atoms with E-state index in [1.807, 2.05) is 91.0 Å². The van der Waals surface area contributed by atoms with Crippen LogP contribution in [0.3, 0.4) is 0 Å². The molecule has 0 radical (unpaired) electrons. The molecule has 5 rings (SSSR count). The van der Waals surface area contributed by atoms with Crippen LogP contribution in [-0.2, 0) is 24.2 Å². The molecule has 0 bridgehead atoms. The highest BCUT2D eigenvalue weighted by Crippen LogP contribution is 2.55. The molecule has 4 aromatic rings. The number of H-pyrrole nitrogens is 1. The van der Waals surface area contributed by atoms with Crippen LogP contribution in [0.4, 0.5) is 13.2 Å². The number of aromatic amines is 1. The molecule has 1 unspecified atom stereocenters. The van der Waals surface area contributed by atoms with Crippen LogP contribution in [0.1, 0.15) is 28.5 Å². The van der Waals surface area contributed by atoms with Crippen LogP contribution < -0.4 is 11.2 Å². The molecular weight excluding hydrogens is 710 g/mol. The standard InChI is InChI=1S/C35H38ClF3N5O6P/c1-25-21-40-33(47)44(31(25)45)30-23-43(22-29(50-30)24-49-51(36,48)42(3)20-19-41(2)32(46)35(37,38)39)34(26-13-7-4-8-14-26,27-15-9-5-10-16-27)28-17-11-6-12-18-28/h4-18,21,29-30H,19-20,22-24H2,1-3H3,(H,40,47)/t29-,30+,51?/m0/s1. The molecule has 11 nitrogen and oxygen atoms in total. The molecule has 16 heteroatoms. The Morgan fingerprint density at radius 2 is 1.43 bits per heavy atom. The van der Waals surface area contributed by atoms with Crippen LogP contribution in [0, 0.1) is 6.92 Å². The Kier molecular flexibility index (Phi) is 11.7. The van der Waals surface area contributed by atoms with Crippen LogP contribution in [0.25, 0.3) is 0 Å². The average Bonchev–Trinajstić information content (AvgIpc) is 3.12. The minimum atomic E-state index is -5.06. The number of aromatic nitrogens is 2. The molecular formula is C35H38ClF3N5O6P. The molecule has 272 valence electrons. The van der Waals surface area contributed by atoms with Gasteiger partial charge in [-0.05, 0) is 41.9 Å². The van der Waals surface area contributed by atoms with Gasteiger partial charge in [-0.2, -0.15) is 13.2 Å². The van der Waals surface area contributed by atoms with Gasteiger partial charge in [-0.25, -0.2) is 14.0 Å². The predicted octanol–water partition coefficient (Wildman–Crippen LogP) is 5.35. The number of hydrogen-bond acceptors (Lipinski definition) is 7. The van der Waals surface area contributed by atoms with Crippen LogP contribution in [0.2, 0.25) is 0 Å². The third kappa shape index (κ3) is 8.22. The molecule has 1 aromatic heterocycles. The zero-order valence-corrected chi connectivity index (χ0v) is 29.8. The first-order valence-corrected chi connectivity index (χ1v) is 18.5. The number of carbonyl (C=O) groups is 1. The van der Waals surface area contributed by atoms with E-state index in [1.54, 1.807) is 6.92 Å². The van der Waals surface area contributed by atoms with Crippen molar-refractivity contribution in [2.24, 2.45) is 0 Å². The first-order valence-electron chi connectivity index (χ1n) is 16.0. The van der Waals surface area contributed by atoms with Crippen molar-refractivity contribution in [3.8, 4) is 0 Å². The van der Waals surface area contributed by atoms with E-state index in [0.717, 1.165) is 33.0 Å². The van der Waals surface area contributed by atoms with E-state index < -0.39 is 54.6 Å². The lowest BCUT2D eigenvalue weighted by atomic mass is 9.75. The van der Waals surface area contributed by atoms with Gasteiger partial charge in [0.15, 0.2) is 6.23 Å². The van der Waals surface area contributed by atoms with E-state index in [-0.39, 0.29) is 31.8 Å². The summed E-state index contributed by atoms with van der Waals surface area (Å²) in [5.41, 5.74) is 0.679.